The average molecular weight is 561 g/mol. The van der Waals surface area contributed by atoms with Gasteiger partial charge in [-0.25, -0.2) is 0 Å². The molecule has 1 atom stereocenters. The maximum absolute atomic E-state index is 10.8. The van der Waals surface area contributed by atoms with Crippen molar-refractivity contribution in [3.05, 3.63) is 0 Å². The number of carboxylic acid groups (broad SMARTS) is 2. The second-order valence-electron chi connectivity index (χ2n) is 8.13. The summed E-state index contributed by atoms with van der Waals surface area (Å²) in [4.78, 5) is 19.7. The summed E-state index contributed by atoms with van der Waals surface area (Å²) in [6.07, 6.45) is 9.75. The molecule has 0 amide bonds. The maximum atomic E-state index is 10.8. The summed E-state index contributed by atoms with van der Waals surface area (Å²) in [5.41, 5.74) is -0.682. The van der Waals surface area contributed by atoms with Crippen LogP contribution in [0.3, 0.4) is 0 Å². The number of hydrogen-bond donors (Lipinski definition) is 3. The SMILES string of the molecule is CCCCCCC(O)(CCCCCC)COCCOCCO.O=C([O-])CC(C(=O)[O-])S(=O)(=O)O.[Na+].[Na+]. The Morgan fingerprint density at radius 3 is 1.67 bits per heavy atom. The first-order chi connectivity index (χ1) is 15.9. The number of aliphatic hydroxyl groups excluding tert-OH is 1. The minimum absolute atomic E-state index is 0. The van der Waals surface area contributed by atoms with E-state index in [0.29, 0.717) is 26.4 Å². The van der Waals surface area contributed by atoms with E-state index in [2.05, 4.69) is 13.8 Å². The van der Waals surface area contributed by atoms with E-state index in [9.17, 15) is 33.3 Å². The minimum Gasteiger partial charge on any atom is -0.550 e. The Morgan fingerprint density at radius 1 is 0.861 bits per heavy atom. The Hall–Kier alpha value is 0.690. The molecular formula is C22H42Na2O11S. The van der Waals surface area contributed by atoms with Gasteiger partial charge in [-0.15, -0.1) is 0 Å². The van der Waals surface area contributed by atoms with Crippen molar-refractivity contribution in [3.8, 4) is 0 Å². The van der Waals surface area contributed by atoms with Gasteiger partial charge in [0, 0.05) is 12.4 Å². The first kappa shape index (κ1) is 43.7. The number of carbonyl (C=O) groups is 2. The molecule has 0 spiro atoms. The van der Waals surface area contributed by atoms with Gasteiger partial charge in [0.25, 0.3) is 10.1 Å². The van der Waals surface area contributed by atoms with Gasteiger partial charge < -0.3 is 39.5 Å². The summed E-state index contributed by atoms with van der Waals surface area (Å²) in [5.74, 6) is -4.08. The molecule has 1 unspecified atom stereocenters. The summed E-state index contributed by atoms with van der Waals surface area (Å²) < 4.78 is 39.2. The van der Waals surface area contributed by atoms with Crippen LogP contribution in [0.25, 0.3) is 0 Å². The van der Waals surface area contributed by atoms with Crippen LogP contribution in [0.2, 0.25) is 0 Å². The smallest absolute Gasteiger partial charge is 0.550 e. The normalized spacial score (nSPS) is 11.9. The zero-order valence-corrected chi connectivity index (χ0v) is 27.2. The molecule has 0 saturated heterocycles. The second kappa shape index (κ2) is 27.3. The van der Waals surface area contributed by atoms with Crippen molar-refractivity contribution in [2.24, 2.45) is 0 Å². The first-order valence-electron chi connectivity index (χ1n) is 11.8. The number of rotatable bonds is 21. The van der Waals surface area contributed by atoms with Gasteiger partial charge in [-0.05, 0) is 12.8 Å². The van der Waals surface area contributed by atoms with Gasteiger partial charge in [-0.2, -0.15) is 8.42 Å². The Bertz CT molecular complexity index is 621. The van der Waals surface area contributed by atoms with Crippen LogP contribution in [-0.4, -0.2) is 79.0 Å². The van der Waals surface area contributed by atoms with Crippen LogP contribution < -0.4 is 69.3 Å². The van der Waals surface area contributed by atoms with Gasteiger partial charge in [0.05, 0.1) is 44.6 Å². The van der Waals surface area contributed by atoms with Crippen molar-refractivity contribution in [2.75, 3.05) is 33.0 Å². The molecule has 11 nitrogen and oxygen atoms in total. The molecule has 0 aromatic carbocycles. The predicted octanol–water partition coefficient (Wildman–Crippen LogP) is -6.18. The van der Waals surface area contributed by atoms with Crippen molar-refractivity contribution in [2.45, 2.75) is 95.3 Å². The molecule has 0 radical (unpaired) electrons. The van der Waals surface area contributed by atoms with E-state index in [-0.39, 0.29) is 65.7 Å². The second-order valence-corrected chi connectivity index (χ2v) is 9.73. The molecular weight excluding hydrogens is 518 g/mol. The Morgan fingerprint density at radius 2 is 1.33 bits per heavy atom. The Labute approximate surface area is 260 Å². The van der Waals surface area contributed by atoms with E-state index in [1.54, 1.807) is 0 Å². The molecule has 0 heterocycles. The largest absolute Gasteiger partial charge is 1.00 e. The monoisotopic (exact) mass is 560 g/mol. The number of unbranched alkanes of at least 4 members (excludes halogenated alkanes) is 6. The van der Waals surface area contributed by atoms with E-state index in [4.69, 9.17) is 19.1 Å². The molecule has 0 aliphatic rings. The quantitative estimate of drug-likeness (QED) is 0.0687. The molecule has 36 heavy (non-hydrogen) atoms. The van der Waals surface area contributed by atoms with Crippen molar-refractivity contribution in [3.63, 3.8) is 0 Å². The number of carboxylic acids is 2. The van der Waals surface area contributed by atoms with Gasteiger partial charge in [-0.1, -0.05) is 65.2 Å². The standard InChI is InChI=1S/C18H38O4.C4H6O7S.2Na/c1-3-5-7-9-11-18(20,12-10-8-6-4-2)17-22-16-15-21-14-13-19;5-3(6)1-2(4(7)8)12(9,10)11;;/h19-20H,3-17H2,1-2H3;2H,1H2,(H,5,6)(H,7,8)(H,9,10,11);;/q;;2*+1/p-2. The summed E-state index contributed by atoms with van der Waals surface area (Å²) in [6.45, 7) is 6.14. The first-order valence-corrected chi connectivity index (χ1v) is 13.3. The molecule has 0 aromatic rings. The molecule has 0 rings (SSSR count). The van der Waals surface area contributed by atoms with E-state index in [1.807, 2.05) is 0 Å². The topological polar surface area (TPSA) is 194 Å². The predicted molar refractivity (Wildman–Crippen MR) is 121 cm³/mol. The van der Waals surface area contributed by atoms with E-state index < -0.39 is 39.3 Å². The third-order valence-corrected chi connectivity index (χ3v) is 6.02. The minimum atomic E-state index is -4.94. The zero-order chi connectivity index (χ0) is 26.5. The zero-order valence-electron chi connectivity index (χ0n) is 22.4. The molecule has 0 aliphatic heterocycles. The van der Waals surface area contributed by atoms with Gasteiger partial charge in [0.15, 0.2) is 0 Å². The molecule has 0 bridgehead atoms. The average Bonchev–Trinajstić information content (AvgIpc) is 2.75. The molecule has 204 valence electrons. The molecule has 14 heteroatoms. The van der Waals surface area contributed by atoms with E-state index in [1.165, 1.54) is 38.5 Å². The number of hydrogen-bond acceptors (Lipinski definition) is 10. The fraction of sp³-hybridized carbons (Fsp3) is 0.909. The molecule has 0 fully saturated rings. The van der Waals surface area contributed by atoms with Gasteiger partial charge in [0.1, 0.15) is 5.25 Å². The molecule has 3 N–H and O–H groups in total. The van der Waals surface area contributed by atoms with Gasteiger partial charge in [-0.3, -0.25) is 4.55 Å². The third-order valence-electron chi connectivity index (χ3n) is 4.94. The number of ether oxygens (including phenoxy) is 2. The van der Waals surface area contributed by atoms with Crippen LogP contribution in [-0.2, 0) is 29.2 Å². The van der Waals surface area contributed by atoms with Gasteiger partial charge >= 0.3 is 59.1 Å². The van der Waals surface area contributed by atoms with Crippen LogP contribution >= 0.6 is 0 Å². The summed E-state index contributed by atoms with van der Waals surface area (Å²) in [5, 5.41) is 36.7. The number of aliphatic carboxylic acids is 2. The fourth-order valence-electron chi connectivity index (χ4n) is 3.04. The summed E-state index contributed by atoms with van der Waals surface area (Å²) in [7, 11) is -4.94. The van der Waals surface area contributed by atoms with E-state index in [0.717, 1.165) is 25.7 Å². The van der Waals surface area contributed by atoms with Crippen molar-refractivity contribution in [1.82, 2.24) is 0 Å². The summed E-state index contributed by atoms with van der Waals surface area (Å²) >= 11 is 0. The summed E-state index contributed by atoms with van der Waals surface area (Å²) in [6, 6.07) is 0. The third kappa shape index (κ3) is 27.7. The van der Waals surface area contributed by atoms with Crippen molar-refractivity contribution >= 4 is 22.1 Å². The molecule has 0 aromatic heterocycles. The van der Waals surface area contributed by atoms with Crippen LogP contribution in [0.5, 0.6) is 0 Å². The number of carbonyl (C=O) groups excluding carboxylic acids is 2. The molecule has 0 saturated carbocycles. The van der Waals surface area contributed by atoms with Crippen LogP contribution in [0, 0.1) is 0 Å². The van der Waals surface area contributed by atoms with Crippen LogP contribution in [0.15, 0.2) is 0 Å². The van der Waals surface area contributed by atoms with Crippen molar-refractivity contribution < 1.29 is 112 Å². The van der Waals surface area contributed by atoms with Crippen LogP contribution in [0.4, 0.5) is 0 Å². The van der Waals surface area contributed by atoms with E-state index >= 15 is 0 Å². The Kier molecular flexibility index (Phi) is 33.1. The van der Waals surface area contributed by atoms with Crippen molar-refractivity contribution in [1.29, 1.82) is 0 Å². The number of aliphatic hydroxyl groups is 2. The maximum Gasteiger partial charge on any atom is 1.00 e. The fourth-order valence-corrected chi connectivity index (χ4v) is 3.63. The molecule has 0 aliphatic carbocycles. The van der Waals surface area contributed by atoms with Crippen LogP contribution in [0.1, 0.15) is 84.5 Å². The van der Waals surface area contributed by atoms with Gasteiger partial charge in [0.2, 0.25) is 0 Å². The Balaban J connectivity index is -0.000000313.